The number of halogens is 1. The quantitative estimate of drug-likeness (QED) is 0.838. The first-order chi connectivity index (χ1) is 10.1. The minimum atomic E-state index is 0.783. The highest BCUT2D eigenvalue weighted by atomic mass is 35.5. The van der Waals surface area contributed by atoms with E-state index >= 15 is 0 Å². The molecule has 0 aliphatic carbocycles. The highest BCUT2D eigenvalue weighted by Crippen LogP contribution is 2.20. The van der Waals surface area contributed by atoms with Crippen LogP contribution < -0.4 is 5.32 Å². The van der Waals surface area contributed by atoms with E-state index in [-0.39, 0.29) is 0 Å². The van der Waals surface area contributed by atoms with E-state index in [9.17, 15) is 0 Å². The van der Waals surface area contributed by atoms with Gasteiger partial charge in [0.05, 0.1) is 6.54 Å². The number of nitrogens with one attached hydrogen (secondary N) is 1. The first kappa shape index (κ1) is 16.1. The lowest BCUT2D eigenvalue weighted by molar-refractivity contribution is 0.316. The summed E-state index contributed by atoms with van der Waals surface area (Å²) in [6, 6.07) is 10.1. The Morgan fingerprint density at radius 2 is 1.90 bits per heavy atom. The molecule has 0 fully saturated rings. The largest absolute Gasteiger partial charge is 0.465 e. The van der Waals surface area contributed by atoms with Gasteiger partial charge < -0.3 is 9.73 Å². The first-order valence-electron chi connectivity index (χ1n) is 7.31. The fourth-order valence-electron chi connectivity index (χ4n) is 2.34. The Bertz CT molecular complexity index is 580. The minimum Gasteiger partial charge on any atom is -0.465 e. The van der Waals surface area contributed by atoms with Crippen LogP contribution in [-0.2, 0) is 19.6 Å². The van der Waals surface area contributed by atoms with Crippen molar-refractivity contribution >= 4 is 11.6 Å². The smallest absolute Gasteiger partial charge is 0.118 e. The number of rotatable bonds is 7. The van der Waals surface area contributed by atoms with Crippen molar-refractivity contribution in [2.75, 3.05) is 13.6 Å². The Hall–Kier alpha value is -1.29. The molecule has 0 unspecified atom stereocenters. The van der Waals surface area contributed by atoms with Gasteiger partial charge in [-0.2, -0.15) is 0 Å². The summed E-state index contributed by atoms with van der Waals surface area (Å²) in [4.78, 5) is 2.25. The molecule has 1 N–H and O–H groups in total. The third-order valence-electron chi connectivity index (χ3n) is 3.46. The highest BCUT2D eigenvalue weighted by Gasteiger charge is 2.11. The number of benzene rings is 1. The molecule has 0 radical (unpaired) electrons. The maximum Gasteiger partial charge on any atom is 0.118 e. The van der Waals surface area contributed by atoms with Gasteiger partial charge in [0.15, 0.2) is 0 Å². The van der Waals surface area contributed by atoms with Crippen LogP contribution in [0, 0.1) is 6.92 Å². The van der Waals surface area contributed by atoms with Crippen molar-refractivity contribution in [2.45, 2.75) is 33.5 Å². The maximum atomic E-state index is 6.21. The summed E-state index contributed by atoms with van der Waals surface area (Å²) >= 11 is 6.21. The van der Waals surface area contributed by atoms with Gasteiger partial charge in [0, 0.05) is 23.7 Å². The molecule has 0 aliphatic rings. The summed E-state index contributed by atoms with van der Waals surface area (Å²) in [6.45, 7) is 7.52. The van der Waals surface area contributed by atoms with E-state index in [1.54, 1.807) is 0 Å². The molecule has 0 spiro atoms. The van der Waals surface area contributed by atoms with E-state index in [2.05, 4.69) is 36.3 Å². The maximum absolute atomic E-state index is 6.21. The van der Waals surface area contributed by atoms with Gasteiger partial charge in [-0.25, -0.2) is 0 Å². The van der Waals surface area contributed by atoms with E-state index in [0.717, 1.165) is 48.3 Å². The molecule has 4 heteroatoms. The second-order valence-corrected chi connectivity index (χ2v) is 5.75. The van der Waals surface area contributed by atoms with Gasteiger partial charge in [-0.3, -0.25) is 4.90 Å². The lowest BCUT2D eigenvalue weighted by Gasteiger charge is -2.17. The van der Waals surface area contributed by atoms with E-state index in [0.29, 0.717) is 0 Å². The van der Waals surface area contributed by atoms with Crippen LogP contribution >= 0.6 is 11.6 Å². The zero-order chi connectivity index (χ0) is 15.2. The first-order valence-corrected chi connectivity index (χ1v) is 7.68. The van der Waals surface area contributed by atoms with Crippen LogP contribution in [0.3, 0.4) is 0 Å². The second kappa shape index (κ2) is 7.64. The molecule has 1 aromatic carbocycles. The highest BCUT2D eigenvalue weighted by molar-refractivity contribution is 6.31. The standard InChI is InChI=1S/C17H23ClN2O/c1-4-19-10-16-9-15(13(2)21-16)12-20(3)11-14-7-5-6-8-17(14)18/h5-9,19H,4,10-12H2,1-3H3. The zero-order valence-corrected chi connectivity index (χ0v) is 13.7. The minimum absolute atomic E-state index is 0.783. The van der Waals surface area contributed by atoms with Crippen LogP contribution in [0.4, 0.5) is 0 Å². The molecule has 2 rings (SSSR count). The fourth-order valence-corrected chi connectivity index (χ4v) is 2.54. The summed E-state index contributed by atoms with van der Waals surface area (Å²) in [5, 5.41) is 4.10. The molecule has 1 heterocycles. The van der Waals surface area contributed by atoms with Crippen LogP contribution in [0.1, 0.15) is 29.6 Å². The molecular weight excluding hydrogens is 284 g/mol. The van der Waals surface area contributed by atoms with Crippen molar-refractivity contribution in [1.82, 2.24) is 10.2 Å². The van der Waals surface area contributed by atoms with Crippen molar-refractivity contribution in [1.29, 1.82) is 0 Å². The molecule has 21 heavy (non-hydrogen) atoms. The Morgan fingerprint density at radius 1 is 1.19 bits per heavy atom. The topological polar surface area (TPSA) is 28.4 Å². The van der Waals surface area contributed by atoms with E-state index in [4.69, 9.17) is 16.0 Å². The predicted molar refractivity (Wildman–Crippen MR) is 87.4 cm³/mol. The third kappa shape index (κ3) is 4.60. The molecule has 0 aliphatic heterocycles. The number of nitrogens with zero attached hydrogens (tertiary/aromatic N) is 1. The number of furan rings is 1. The summed E-state index contributed by atoms with van der Waals surface area (Å²) in [7, 11) is 2.10. The van der Waals surface area contributed by atoms with Crippen LogP contribution in [0.15, 0.2) is 34.7 Å². The van der Waals surface area contributed by atoms with Crippen molar-refractivity contribution in [3.05, 3.63) is 58.0 Å². The molecule has 0 atom stereocenters. The van der Waals surface area contributed by atoms with Gasteiger partial charge >= 0.3 is 0 Å². The lowest BCUT2D eigenvalue weighted by atomic mass is 10.2. The molecule has 3 nitrogen and oxygen atoms in total. The van der Waals surface area contributed by atoms with Crippen LogP contribution in [-0.4, -0.2) is 18.5 Å². The van der Waals surface area contributed by atoms with Gasteiger partial charge in [0.2, 0.25) is 0 Å². The van der Waals surface area contributed by atoms with Crippen molar-refractivity contribution in [3.8, 4) is 0 Å². The van der Waals surface area contributed by atoms with Crippen molar-refractivity contribution < 1.29 is 4.42 Å². The molecule has 0 saturated heterocycles. The van der Waals surface area contributed by atoms with Gasteiger partial charge in [-0.15, -0.1) is 0 Å². The summed E-state index contributed by atoms with van der Waals surface area (Å²) in [6.07, 6.45) is 0. The van der Waals surface area contributed by atoms with Crippen molar-refractivity contribution in [2.24, 2.45) is 0 Å². The Morgan fingerprint density at radius 3 is 2.62 bits per heavy atom. The fraction of sp³-hybridized carbons (Fsp3) is 0.412. The molecule has 0 saturated carbocycles. The average molecular weight is 307 g/mol. The summed E-state index contributed by atoms with van der Waals surface area (Å²) in [5.74, 6) is 1.99. The Labute approximate surface area is 131 Å². The van der Waals surface area contributed by atoms with Crippen LogP contribution in [0.25, 0.3) is 0 Å². The van der Waals surface area contributed by atoms with Crippen LogP contribution in [0.5, 0.6) is 0 Å². The van der Waals surface area contributed by atoms with E-state index in [1.165, 1.54) is 5.56 Å². The zero-order valence-electron chi connectivity index (χ0n) is 12.9. The monoisotopic (exact) mass is 306 g/mol. The average Bonchev–Trinajstić information content (AvgIpc) is 2.79. The third-order valence-corrected chi connectivity index (χ3v) is 3.83. The number of hydrogen-bond acceptors (Lipinski definition) is 3. The summed E-state index contributed by atoms with van der Waals surface area (Å²) < 4.78 is 5.78. The molecule has 1 aromatic heterocycles. The van der Waals surface area contributed by atoms with E-state index in [1.807, 2.05) is 25.1 Å². The lowest BCUT2D eigenvalue weighted by Crippen LogP contribution is -2.17. The van der Waals surface area contributed by atoms with Gasteiger partial charge in [-0.1, -0.05) is 36.7 Å². The Kier molecular flexibility index (Phi) is 5.85. The molecular formula is C17H23ClN2O. The van der Waals surface area contributed by atoms with Gasteiger partial charge in [0.1, 0.15) is 11.5 Å². The number of aryl methyl sites for hydroxylation is 1. The molecule has 114 valence electrons. The molecule has 0 amide bonds. The molecule has 2 aromatic rings. The Balaban J connectivity index is 1.98. The summed E-state index contributed by atoms with van der Waals surface area (Å²) in [5.41, 5.74) is 2.38. The van der Waals surface area contributed by atoms with Gasteiger partial charge in [-0.05, 0) is 38.2 Å². The van der Waals surface area contributed by atoms with Gasteiger partial charge in [0.25, 0.3) is 0 Å². The van der Waals surface area contributed by atoms with E-state index < -0.39 is 0 Å². The second-order valence-electron chi connectivity index (χ2n) is 5.34. The number of hydrogen-bond donors (Lipinski definition) is 1. The van der Waals surface area contributed by atoms with Crippen molar-refractivity contribution in [3.63, 3.8) is 0 Å². The normalized spacial score (nSPS) is 11.3. The molecule has 0 bridgehead atoms. The van der Waals surface area contributed by atoms with Crippen LogP contribution in [0.2, 0.25) is 5.02 Å². The SMILES string of the molecule is CCNCc1cc(CN(C)Cc2ccccc2Cl)c(C)o1. The predicted octanol–water partition coefficient (Wildman–Crippen LogP) is 3.98.